The molecule has 1 aliphatic rings. The van der Waals surface area contributed by atoms with Crippen molar-refractivity contribution in [1.29, 1.82) is 0 Å². The predicted octanol–water partition coefficient (Wildman–Crippen LogP) is 0.405. The van der Waals surface area contributed by atoms with E-state index in [2.05, 4.69) is 29.8 Å². The van der Waals surface area contributed by atoms with E-state index in [4.69, 9.17) is 0 Å². The highest BCUT2D eigenvalue weighted by atomic mass is 16.2. The molecule has 5 heteroatoms. The molecule has 0 bridgehead atoms. The molecule has 3 N–H and O–H groups in total. The standard InChI is InChI=1S/C13H25N3O2/c1-9(2)6-8-15-12(17)10(3)16-11-5-4-7-14-13(11)18/h9-11,16H,4-8H2,1-3H3,(H,14,18)(H,15,17). The molecule has 0 aromatic heterocycles. The summed E-state index contributed by atoms with van der Waals surface area (Å²) in [5.74, 6) is 0.551. The fourth-order valence-corrected chi connectivity index (χ4v) is 1.95. The zero-order chi connectivity index (χ0) is 13.5. The molecule has 104 valence electrons. The van der Waals surface area contributed by atoms with Crippen LogP contribution in [0.15, 0.2) is 0 Å². The molecule has 1 saturated heterocycles. The maximum atomic E-state index is 11.8. The van der Waals surface area contributed by atoms with Crippen molar-refractivity contribution >= 4 is 11.8 Å². The van der Waals surface area contributed by atoms with E-state index in [0.717, 1.165) is 25.8 Å². The molecule has 0 aliphatic carbocycles. The first-order valence-electron chi connectivity index (χ1n) is 6.82. The van der Waals surface area contributed by atoms with Gasteiger partial charge in [0.05, 0.1) is 12.1 Å². The van der Waals surface area contributed by atoms with Gasteiger partial charge in [-0.1, -0.05) is 13.8 Å². The van der Waals surface area contributed by atoms with Crippen LogP contribution < -0.4 is 16.0 Å². The van der Waals surface area contributed by atoms with E-state index in [1.54, 1.807) is 6.92 Å². The Balaban J connectivity index is 2.28. The van der Waals surface area contributed by atoms with Crippen LogP contribution in [0.5, 0.6) is 0 Å². The van der Waals surface area contributed by atoms with Crippen molar-refractivity contribution in [2.45, 2.75) is 52.1 Å². The van der Waals surface area contributed by atoms with Gasteiger partial charge in [-0.15, -0.1) is 0 Å². The molecule has 0 aromatic carbocycles. The second-order valence-corrected chi connectivity index (χ2v) is 5.35. The summed E-state index contributed by atoms with van der Waals surface area (Å²) in [6, 6.07) is -0.560. The van der Waals surface area contributed by atoms with Gasteiger partial charge in [0, 0.05) is 13.1 Å². The highest BCUT2D eigenvalue weighted by Crippen LogP contribution is 2.04. The van der Waals surface area contributed by atoms with Crippen LogP contribution in [0.3, 0.4) is 0 Å². The minimum absolute atomic E-state index is 0.00285. The van der Waals surface area contributed by atoms with Gasteiger partial charge in [0.15, 0.2) is 0 Å². The summed E-state index contributed by atoms with van der Waals surface area (Å²) in [5, 5.41) is 8.77. The van der Waals surface area contributed by atoms with Crippen molar-refractivity contribution in [2.24, 2.45) is 5.92 Å². The molecule has 2 unspecified atom stereocenters. The molecule has 5 nitrogen and oxygen atoms in total. The van der Waals surface area contributed by atoms with E-state index in [0.29, 0.717) is 12.5 Å². The molecule has 0 spiro atoms. The number of hydrogen-bond acceptors (Lipinski definition) is 3. The van der Waals surface area contributed by atoms with E-state index in [-0.39, 0.29) is 23.9 Å². The fraction of sp³-hybridized carbons (Fsp3) is 0.846. The highest BCUT2D eigenvalue weighted by molar-refractivity contribution is 5.85. The van der Waals surface area contributed by atoms with Crippen LogP contribution in [0.25, 0.3) is 0 Å². The van der Waals surface area contributed by atoms with E-state index < -0.39 is 0 Å². The number of rotatable bonds is 6. The van der Waals surface area contributed by atoms with Gasteiger partial charge in [-0.3, -0.25) is 14.9 Å². The molecule has 1 aliphatic heterocycles. The third kappa shape index (κ3) is 5.04. The average Bonchev–Trinajstić information content (AvgIpc) is 2.31. The third-order valence-corrected chi connectivity index (χ3v) is 3.15. The third-order valence-electron chi connectivity index (χ3n) is 3.15. The van der Waals surface area contributed by atoms with Crippen LogP contribution >= 0.6 is 0 Å². The minimum atomic E-state index is -0.328. The number of piperidine rings is 1. The van der Waals surface area contributed by atoms with Crippen LogP contribution in [0.4, 0.5) is 0 Å². The van der Waals surface area contributed by atoms with E-state index in [9.17, 15) is 9.59 Å². The molecule has 1 heterocycles. The van der Waals surface area contributed by atoms with Gasteiger partial charge in [0.25, 0.3) is 0 Å². The summed E-state index contributed by atoms with van der Waals surface area (Å²) in [4.78, 5) is 23.3. The smallest absolute Gasteiger partial charge is 0.237 e. The van der Waals surface area contributed by atoms with Crippen LogP contribution in [0.2, 0.25) is 0 Å². The Morgan fingerprint density at radius 2 is 2.17 bits per heavy atom. The van der Waals surface area contributed by atoms with Crippen molar-refractivity contribution in [2.75, 3.05) is 13.1 Å². The van der Waals surface area contributed by atoms with Gasteiger partial charge in [-0.25, -0.2) is 0 Å². The summed E-state index contributed by atoms with van der Waals surface area (Å²) in [7, 11) is 0. The molecule has 2 atom stereocenters. The lowest BCUT2D eigenvalue weighted by atomic mass is 10.1. The molecule has 18 heavy (non-hydrogen) atoms. The Kier molecular flexibility index (Phi) is 6.12. The monoisotopic (exact) mass is 255 g/mol. The van der Waals surface area contributed by atoms with Gasteiger partial charge in [0.1, 0.15) is 0 Å². The molecule has 1 rings (SSSR count). The highest BCUT2D eigenvalue weighted by Gasteiger charge is 2.25. The molecule has 2 amide bonds. The van der Waals surface area contributed by atoms with E-state index >= 15 is 0 Å². The van der Waals surface area contributed by atoms with Crippen molar-refractivity contribution in [3.63, 3.8) is 0 Å². The maximum Gasteiger partial charge on any atom is 0.237 e. The van der Waals surface area contributed by atoms with Crippen LogP contribution in [0.1, 0.15) is 40.0 Å². The topological polar surface area (TPSA) is 70.2 Å². The Bertz CT molecular complexity index is 292. The van der Waals surface area contributed by atoms with Crippen molar-refractivity contribution in [3.8, 4) is 0 Å². The van der Waals surface area contributed by atoms with Gasteiger partial charge in [-0.2, -0.15) is 0 Å². The van der Waals surface area contributed by atoms with Crippen molar-refractivity contribution < 1.29 is 9.59 Å². The van der Waals surface area contributed by atoms with Crippen LogP contribution in [0, 0.1) is 5.92 Å². The number of nitrogens with one attached hydrogen (secondary N) is 3. The maximum absolute atomic E-state index is 11.8. The molecular weight excluding hydrogens is 230 g/mol. The van der Waals surface area contributed by atoms with Crippen molar-refractivity contribution in [3.05, 3.63) is 0 Å². The van der Waals surface area contributed by atoms with E-state index in [1.807, 2.05) is 0 Å². The van der Waals surface area contributed by atoms with Gasteiger partial charge >= 0.3 is 0 Å². The first-order valence-corrected chi connectivity index (χ1v) is 6.82. The molecule has 0 aromatic rings. The van der Waals surface area contributed by atoms with Gasteiger partial charge in [-0.05, 0) is 32.1 Å². The molecular formula is C13H25N3O2. The van der Waals surface area contributed by atoms with E-state index in [1.165, 1.54) is 0 Å². The zero-order valence-electron chi connectivity index (χ0n) is 11.6. The SMILES string of the molecule is CC(C)CCNC(=O)C(C)NC1CCCNC1=O. The second-order valence-electron chi connectivity index (χ2n) is 5.35. The van der Waals surface area contributed by atoms with Crippen molar-refractivity contribution in [1.82, 2.24) is 16.0 Å². The largest absolute Gasteiger partial charge is 0.355 e. The zero-order valence-corrected chi connectivity index (χ0v) is 11.6. The first-order chi connectivity index (χ1) is 8.50. The Labute approximate surface area is 109 Å². The summed E-state index contributed by atoms with van der Waals surface area (Å²) >= 11 is 0. The summed E-state index contributed by atoms with van der Waals surface area (Å²) < 4.78 is 0. The quantitative estimate of drug-likeness (QED) is 0.643. The molecule has 0 radical (unpaired) electrons. The molecule has 1 fully saturated rings. The summed E-state index contributed by atoms with van der Waals surface area (Å²) in [6.07, 6.45) is 2.74. The normalized spacial score (nSPS) is 21.6. The number of carbonyl (C=O) groups excluding carboxylic acids is 2. The summed E-state index contributed by atoms with van der Waals surface area (Å²) in [6.45, 7) is 7.48. The molecule has 0 saturated carbocycles. The van der Waals surface area contributed by atoms with Gasteiger partial charge in [0.2, 0.25) is 11.8 Å². The second kappa shape index (κ2) is 7.36. The Hall–Kier alpha value is -1.10. The predicted molar refractivity (Wildman–Crippen MR) is 71.1 cm³/mol. The lowest BCUT2D eigenvalue weighted by molar-refractivity contribution is -0.126. The van der Waals surface area contributed by atoms with Crippen LogP contribution in [-0.2, 0) is 9.59 Å². The number of amides is 2. The number of carbonyl (C=O) groups is 2. The first kappa shape index (κ1) is 15.0. The summed E-state index contributed by atoms with van der Waals surface area (Å²) in [5.41, 5.74) is 0. The fourth-order valence-electron chi connectivity index (χ4n) is 1.95. The Morgan fingerprint density at radius 3 is 2.78 bits per heavy atom. The number of hydrogen-bond donors (Lipinski definition) is 3. The minimum Gasteiger partial charge on any atom is -0.355 e. The average molecular weight is 255 g/mol. The lowest BCUT2D eigenvalue weighted by Gasteiger charge is -2.25. The Morgan fingerprint density at radius 1 is 1.44 bits per heavy atom. The van der Waals surface area contributed by atoms with Gasteiger partial charge < -0.3 is 10.6 Å². The lowest BCUT2D eigenvalue weighted by Crippen LogP contribution is -2.54. The van der Waals surface area contributed by atoms with Crippen LogP contribution in [-0.4, -0.2) is 37.0 Å².